The van der Waals surface area contributed by atoms with Gasteiger partial charge in [0.25, 0.3) is 5.91 Å². The first kappa shape index (κ1) is 15.0. The zero-order valence-corrected chi connectivity index (χ0v) is 11.6. The second-order valence-electron chi connectivity index (χ2n) is 5.04. The number of carbonyl (C=O) groups excluding carboxylic acids is 1. The number of hydrogen-bond acceptors (Lipinski definition) is 3. The van der Waals surface area contributed by atoms with E-state index in [2.05, 4.69) is 5.32 Å². The fourth-order valence-electron chi connectivity index (χ4n) is 2.07. The van der Waals surface area contributed by atoms with Crippen LogP contribution in [0.3, 0.4) is 0 Å². The average molecular weight is 288 g/mol. The lowest BCUT2D eigenvalue weighted by molar-refractivity contribution is 0.0850. The lowest BCUT2D eigenvalue weighted by atomic mass is 9.92. The van der Waals surface area contributed by atoms with Gasteiger partial charge >= 0.3 is 0 Å². The maximum atomic E-state index is 13.0. The third-order valence-electron chi connectivity index (χ3n) is 3.37. The summed E-state index contributed by atoms with van der Waals surface area (Å²) >= 11 is 0. The van der Waals surface area contributed by atoms with Gasteiger partial charge in [-0.25, -0.2) is 4.39 Å². The van der Waals surface area contributed by atoms with Gasteiger partial charge in [0.05, 0.1) is 17.7 Å². The van der Waals surface area contributed by atoms with Crippen molar-refractivity contribution in [3.8, 4) is 0 Å². The molecule has 0 heterocycles. The summed E-state index contributed by atoms with van der Waals surface area (Å²) in [7, 11) is 0. The number of carbonyl (C=O) groups is 1. The Hall–Kier alpha value is -2.40. The van der Waals surface area contributed by atoms with Crippen LogP contribution < -0.4 is 11.1 Å². The van der Waals surface area contributed by atoms with Crippen molar-refractivity contribution in [2.75, 3.05) is 12.3 Å². The van der Waals surface area contributed by atoms with Gasteiger partial charge in [0.2, 0.25) is 0 Å². The van der Waals surface area contributed by atoms with Gasteiger partial charge in [0.15, 0.2) is 0 Å². The van der Waals surface area contributed by atoms with Crippen LogP contribution in [0.4, 0.5) is 10.1 Å². The number of nitrogens with one attached hydrogen (secondary N) is 1. The molecule has 110 valence electrons. The third-order valence-corrected chi connectivity index (χ3v) is 3.37. The Morgan fingerprint density at radius 2 is 1.95 bits per heavy atom. The molecule has 1 atom stereocenters. The quantitative estimate of drug-likeness (QED) is 0.754. The van der Waals surface area contributed by atoms with Crippen molar-refractivity contribution in [3.63, 3.8) is 0 Å². The molecular formula is C16H17FN2O2. The molecule has 4 N–H and O–H groups in total. The summed E-state index contributed by atoms with van der Waals surface area (Å²) in [4.78, 5) is 12.3. The fraction of sp³-hybridized carbons (Fsp3) is 0.188. The largest absolute Gasteiger partial charge is 0.398 e. The molecule has 5 heteroatoms. The van der Waals surface area contributed by atoms with Crippen molar-refractivity contribution in [2.24, 2.45) is 0 Å². The van der Waals surface area contributed by atoms with E-state index in [-0.39, 0.29) is 17.9 Å². The highest BCUT2D eigenvalue weighted by molar-refractivity contribution is 5.99. The van der Waals surface area contributed by atoms with Gasteiger partial charge in [-0.05, 0) is 30.7 Å². The van der Waals surface area contributed by atoms with E-state index in [0.29, 0.717) is 0 Å². The van der Waals surface area contributed by atoms with E-state index < -0.39 is 17.3 Å². The number of hydrogen-bond donors (Lipinski definition) is 3. The van der Waals surface area contributed by atoms with Crippen LogP contribution in [-0.4, -0.2) is 17.6 Å². The highest BCUT2D eigenvalue weighted by atomic mass is 19.1. The monoisotopic (exact) mass is 288 g/mol. The minimum atomic E-state index is -0.945. The molecule has 0 saturated heterocycles. The number of anilines is 1. The van der Waals surface area contributed by atoms with E-state index in [0.717, 1.165) is 11.6 Å². The number of amides is 1. The molecule has 0 bridgehead atoms. The van der Waals surface area contributed by atoms with E-state index in [9.17, 15) is 14.3 Å². The molecule has 2 rings (SSSR count). The first-order valence-electron chi connectivity index (χ1n) is 6.50. The van der Waals surface area contributed by atoms with Crippen LogP contribution >= 0.6 is 0 Å². The smallest absolute Gasteiger partial charge is 0.254 e. The van der Waals surface area contributed by atoms with Crippen LogP contribution in [0.5, 0.6) is 0 Å². The lowest BCUT2D eigenvalue weighted by Crippen LogP contribution is -2.46. The number of aliphatic hydroxyl groups is 1. The average Bonchev–Trinajstić information content (AvgIpc) is 2.47. The normalized spacial score (nSPS) is 13.5. The highest BCUT2D eigenvalue weighted by Crippen LogP contribution is 2.22. The second-order valence-corrected chi connectivity index (χ2v) is 5.04. The molecule has 0 spiro atoms. The molecule has 0 aliphatic heterocycles. The highest BCUT2D eigenvalue weighted by Gasteiger charge is 2.28. The predicted molar refractivity (Wildman–Crippen MR) is 79.2 cm³/mol. The first-order valence-corrected chi connectivity index (χ1v) is 6.50. The lowest BCUT2D eigenvalue weighted by Gasteiger charge is -2.29. The zero-order chi connectivity index (χ0) is 15.5. The van der Waals surface area contributed by atoms with Crippen LogP contribution in [0.25, 0.3) is 0 Å². The van der Waals surface area contributed by atoms with Gasteiger partial charge < -0.3 is 16.2 Å². The maximum Gasteiger partial charge on any atom is 0.254 e. The Morgan fingerprint density at radius 1 is 1.29 bits per heavy atom. The van der Waals surface area contributed by atoms with E-state index in [4.69, 9.17) is 5.73 Å². The molecule has 0 aromatic heterocycles. The van der Waals surface area contributed by atoms with Crippen molar-refractivity contribution < 1.29 is 14.3 Å². The number of nitrogen functional groups attached to an aromatic ring is 1. The van der Waals surface area contributed by atoms with E-state index >= 15 is 0 Å². The number of nitrogens with two attached hydrogens (primary N) is 1. The van der Waals surface area contributed by atoms with Crippen LogP contribution in [-0.2, 0) is 5.54 Å². The second kappa shape index (κ2) is 5.93. The van der Waals surface area contributed by atoms with Crippen molar-refractivity contribution in [2.45, 2.75) is 12.5 Å². The fourth-order valence-corrected chi connectivity index (χ4v) is 2.07. The van der Waals surface area contributed by atoms with Crippen molar-refractivity contribution in [1.29, 1.82) is 0 Å². The van der Waals surface area contributed by atoms with Crippen LogP contribution in [0.1, 0.15) is 22.8 Å². The maximum absolute atomic E-state index is 13.0. The molecular weight excluding hydrogens is 271 g/mol. The Morgan fingerprint density at radius 3 is 2.52 bits per heavy atom. The summed E-state index contributed by atoms with van der Waals surface area (Å²) in [5.74, 6) is -0.968. The summed E-state index contributed by atoms with van der Waals surface area (Å²) in [5, 5.41) is 12.4. The number of benzene rings is 2. The Bertz CT molecular complexity index is 646. The predicted octanol–water partition coefficient (Wildman–Crippen LogP) is 2.05. The topological polar surface area (TPSA) is 75.3 Å². The molecule has 0 saturated carbocycles. The van der Waals surface area contributed by atoms with Crippen molar-refractivity contribution in [1.82, 2.24) is 5.32 Å². The van der Waals surface area contributed by atoms with E-state index in [1.165, 1.54) is 12.1 Å². The molecule has 0 radical (unpaired) electrons. The molecule has 1 unspecified atom stereocenters. The summed E-state index contributed by atoms with van der Waals surface area (Å²) in [5.41, 5.74) is 5.71. The van der Waals surface area contributed by atoms with E-state index in [1.807, 2.05) is 30.3 Å². The van der Waals surface area contributed by atoms with Gasteiger partial charge in [0, 0.05) is 5.69 Å². The molecule has 2 aromatic carbocycles. The molecule has 21 heavy (non-hydrogen) atoms. The molecule has 4 nitrogen and oxygen atoms in total. The Balaban J connectivity index is 2.28. The summed E-state index contributed by atoms with van der Waals surface area (Å²) in [6, 6.07) is 12.7. The Labute approximate surface area is 122 Å². The minimum Gasteiger partial charge on any atom is -0.398 e. The summed E-state index contributed by atoms with van der Waals surface area (Å²) in [6.07, 6.45) is 0. The van der Waals surface area contributed by atoms with Crippen molar-refractivity contribution >= 4 is 11.6 Å². The molecule has 1 amide bonds. The van der Waals surface area contributed by atoms with Crippen LogP contribution in [0.2, 0.25) is 0 Å². The van der Waals surface area contributed by atoms with Gasteiger partial charge in [-0.15, -0.1) is 0 Å². The third kappa shape index (κ3) is 3.20. The van der Waals surface area contributed by atoms with Gasteiger partial charge in [0.1, 0.15) is 5.82 Å². The number of halogens is 1. The van der Waals surface area contributed by atoms with E-state index in [1.54, 1.807) is 6.92 Å². The summed E-state index contributed by atoms with van der Waals surface area (Å²) < 4.78 is 13.0. The van der Waals surface area contributed by atoms with Gasteiger partial charge in [-0.2, -0.15) is 0 Å². The van der Waals surface area contributed by atoms with Crippen LogP contribution in [0, 0.1) is 5.82 Å². The molecule has 2 aromatic rings. The SMILES string of the molecule is CC(CO)(NC(=O)c1ccc(F)cc1N)c1ccccc1. The molecule has 0 fully saturated rings. The number of rotatable bonds is 4. The zero-order valence-electron chi connectivity index (χ0n) is 11.6. The molecule has 0 aliphatic carbocycles. The first-order chi connectivity index (χ1) is 9.96. The van der Waals surface area contributed by atoms with Crippen molar-refractivity contribution in [3.05, 3.63) is 65.5 Å². The minimum absolute atomic E-state index is 0.0563. The number of aliphatic hydroxyl groups excluding tert-OH is 1. The standard InChI is InChI=1S/C16H17FN2O2/c1-16(10-20,11-5-3-2-4-6-11)19-15(21)13-8-7-12(17)9-14(13)18/h2-9,20H,10,18H2,1H3,(H,19,21). The van der Waals surface area contributed by atoms with Gasteiger partial charge in [-0.3, -0.25) is 4.79 Å². The van der Waals surface area contributed by atoms with Gasteiger partial charge in [-0.1, -0.05) is 30.3 Å². The Kier molecular flexibility index (Phi) is 4.23. The summed E-state index contributed by atoms with van der Waals surface area (Å²) in [6.45, 7) is 1.43. The molecule has 0 aliphatic rings. The van der Waals surface area contributed by atoms with Crippen LogP contribution in [0.15, 0.2) is 48.5 Å².